The van der Waals surface area contributed by atoms with Crippen LogP contribution in [0.1, 0.15) is 53.0 Å². The highest BCUT2D eigenvalue weighted by atomic mass is 16.5. The van der Waals surface area contributed by atoms with Crippen molar-refractivity contribution in [3.05, 3.63) is 30.1 Å². The number of rotatable bonds is 6. The van der Waals surface area contributed by atoms with Crippen LogP contribution in [0.15, 0.2) is 24.5 Å². The normalized spacial score (nSPS) is 24.9. The van der Waals surface area contributed by atoms with E-state index in [1.807, 2.05) is 12.4 Å². The van der Waals surface area contributed by atoms with Crippen LogP contribution in [0.3, 0.4) is 0 Å². The summed E-state index contributed by atoms with van der Waals surface area (Å²) in [6.07, 6.45) is 7.11. The highest BCUT2D eigenvalue weighted by Crippen LogP contribution is 2.44. The molecule has 0 radical (unpaired) electrons. The van der Waals surface area contributed by atoms with E-state index in [2.05, 4.69) is 57.1 Å². The summed E-state index contributed by atoms with van der Waals surface area (Å²) in [5.74, 6) is 0.550. The van der Waals surface area contributed by atoms with Gasteiger partial charge in [0.2, 0.25) is 0 Å². The van der Waals surface area contributed by atoms with Crippen LogP contribution in [0.4, 0.5) is 0 Å². The molecule has 1 N–H and O–H groups in total. The first-order chi connectivity index (χ1) is 9.84. The van der Waals surface area contributed by atoms with E-state index in [1.54, 1.807) is 0 Å². The van der Waals surface area contributed by atoms with Crippen molar-refractivity contribution in [3.63, 3.8) is 0 Å². The number of hydrogen-bond acceptors (Lipinski definition) is 3. The van der Waals surface area contributed by atoms with Crippen molar-refractivity contribution in [3.8, 4) is 0 Å². The minimum atomic E-state index is -0.0609. The summed E-state index contributed by atoms with van der Waals surface area (Å²) in [5.41, 5.74) is 1.29. The lowest BCUT2D eigenvalue weighted by atomic mass is 9.79. The molecule has 0 amide bonds. The van der Waals surface area contributed by atoms with E-state index in [0.717, 1.165) is 25.8 Å². The predicted octanol–water partition coefficient (Wildman–Crippen LogP) is 3.59. The topological polar surface area (TPSA) is 34.2 Å². The van der Waals surface area contributed by atoms with E-state index < -0.39 is 0 Å². The molecule has 0 aliphatic carbocycles. The summed E-state index contributed by atoms with van der Waals surface area (Å²) in [5, 5.41) is 3.69. The second-order valence-corrected chi connectivity index (χ2v) is 7.33. The molecule has 1 aliphatic rings. The van der Waals surface area contributed by atoms with Gasteiger partial charge in [-0.05, 0) is 71.2 Å². The molecule has 3 heteroatoms. The van der Waals surface area contributed by atoms with Crippen LogP contribution in [0.2, 0.25) is 0 Å². The number of nitrogens with zero attached hydrogens (tertiary/aromatic N) is 1. The molecular weight excluding hydrogens is 260 g/mol. The van der Waals surface area contributed by atoms with Crippen molar-refractivity contribution < 1.29 is 4.74 Å². The Labute approximate surface area is 129 Å². The van der Waals surface area contributed by atoms with Crippen LogP contribution < -0.4 is 5.32 Å². The Bertz CT molecular complexity index is 442. The number of hydrogen-bond donors (Lipinski definition) is 1. The lowest BCUT2D eigenvalue weighted by Gasteiger charge is -2.33. The minimum Gasteiger partial charge on any atom is -0.369 e. The zero-order valence-electron chi connectivity index (χ0n) is 14.1. The standard InChI is InChI=1S/C18H30N2O/c1-6-20-16(8-7-14-9-11-19-12-10-14)15-13-17(2,3)21-18(15,4)5/h9-12,15-16,20H,6-8,13H2,1-5H3. The van der Waals surface area contributed by atoms with Crippen LogP contribution in [-0.2, 0) is 11.2 Å². The molecule has 2 unspecified atom stereocenters. The molecule has 1 aliphatic heterocycles. The zero-order chi connectivity index (χ0) is 15.5. The lowest BCUT2D eigenvalue weighted by molar-refractivity contribution is -0.0778. The minimum absolute atomic E-state index is 0.0154. The maximum absolute atomic E-state index is 6.28. The predicted molar refractivity (Wildman–Crippen MR) is 87.4 cm³/mol. The fraction of sp³-hybridized carbons (Fsp3) is 0.722. The average Bonchev–Trinajstić information content (AvgIpc) is 2.63. The fourth-order valence-electron chi connectivity index (χ4n) is 3.81. The van der Waals surface area contributed by atoms with Crippen molar-refractivity contribution in [2.24, 2.45) is 5.92 Å². The number of ether oxygens (including phenoxy) is 1. The summed E-state index contributed by atoms with van der Waals surface area (Å²) in [6.45, 7) is 12.1. The quantitative estimate of drug-likeness (QED) is 0.869. The molecule has 21 heavy (non-hydrogen) atoms. The third-order valence-electron chi connectivity index (χ3n) is 4.59. The summed E-state index contributed by atoms with van der Waals surface area (Å²) in [4.78, 5) is 4.09. The summed E-state index contributed by atoms with van der Waals surface area (Å²) < 4.78 is 6.28. The smallest absolute Gasteiger partial charge is 0.0677 e. The van der Waals surface area contributed by atoms with Crippen LogP contribution in [0.5, 0.6) is 0 Å². The Kier molecular flexibility index (Phi) is 5.05. The fourth-order valence-corrected chi connectivity index (χ4v) is 3.81. The van der Waals surface area contributed by atoms with E-state index in [9.17, 15) is 0 Å². The summed E-state index contributed by atoms with van der Waals surface area (Å²) in [6, 6.07) is 4.73. The van der Waals surface area contributed by atoms with Crippen molar-refractivity contribution in [1.29, 1.82) is 0 Å². The van der Waals surface area contributed by atoms with Gasteiger partial charge < -0.3 is 10.1 Å². The average molecular weight is 290 g/mol. The number of pyridine rings is 1. The second kappa shape index (κ2) is 6.45. The Balaban J connectivity index is 2.05. The molecule has 2 heterocycles. The molecule has 0 spiro atoms. The molecule has 0 saturated carbocycles. The molecule has 2 atom stereocenters. The highest BCUT2D eigenvalue weighted by Gasteiger charge is 2.48. The van der Waals surface area contributed by atoms with E-state index in [4.69, 9.17) is 4.74 Å². The SMILES string of the molecule is CCNC(CCc1ccncc1)C1CC(C)(C)OC1(C)C. The Morgan fingerprint density at radius 1 is 1.29 bits per heavy atom. The first kappa shape index (κ1) is 16.4. The third-order valence-corrected chi connectivity index (χ3v) is 4.59. The van der Waals surface area contributed by atoms with Crippen molar-refractivity contribution >= 4 is 0 Å². The Morgan fingerprint density at radius 2 is 1.95 bits per heavy atom. The lowest BCUT2D eigenvalue weighted by Crippen LogP contribution is -2.44. The van der Waals surface area contributed by atoms with Gasteiger partial charge in [0.15, 0.2) is 0 Å². The molecular formula is C18H30N2O. The van der Waals surface area contributed by atoms with E-state index in [1.165, 1.54) is 5.56 Å². The monoisotopic (exact) mass is 290 g/mol. The molecule has 1 saturated heterocycles. The van der Waals surface area contributed by atoms with Crippen LogP contribution in [0.25, 0.3) is 0 Å². The molecule has 1 aromatic heterocycles. The van der Waals surface area contributed by atoms with Gasteiger partial charge in [-0.15, -0.1) is 0 Å². The molecule has 118 valence electrons. The summed E-state index contributed by atoms with van der Waals surface area (Å²) >= 11 is 0. The van der Waals surface area contributed by atoms with Gasteiger partial charge in [0.05, 0.1) is 11.2 Å². The molecule has 0 aromatic carbocycles. The summed E-state index contributed by atoms with van der Waals surface area (Å²) in [7, 11) is 0. The maximum atomic E-state index is 6.28. The largest absolute Gasteiger partial charge is 0.369 e. The number of aromatic nitrogens is 1. The van der Waals surface area contributed by atoms with Crippen molar-refractivity contribution in [2.75, 3.05) is 6.54 Å². The van der Waals surface area contributed by atoms with Crippen molar-refractivity contribution in [1.82, 2.24) is 10.3 Å². The van der Waals surface area contributed by atoms with Gasteiger partial charge in [0.25, 0.3) is 0 Å². The van der Waals surface area contributed by atoms with E-state index in [-0.39, 0.29) is 11.2 Å². The Morgan fingerprint density at radius 3 is 2.48 bits per heavy atom. The molecule has 1 fully saturated rings. The van der Waals surface area contributed by atoms with Gasteiger partial charge in [0, 0.05) is 24.4 Å². The zero-order valence-corrected chi connectivity index (χ0v) is 14.1. The van der Waals surface area contributed by atoms with E-state index >= 15 is 0 Å². The number of aryl methyl sites for hydroxylation is 1. The highest BCUT2D eigenvalue weighted by molar-refractivity contribution is 5.10. The maximum Gasteiger partial charge on any atom is 0.0677 e. The molecule has 2 rings (SSSR count). The van der Waals surface area contributed by atoms with Crippen LogP contribution >= 0.6 is 0 Å². The molecule has 0 bridgehead atoms. The van der Waals surface area contributed by atoms with Gasteiger partial charge in [-0.25, -0.2) is 0 Å². The van der Waals surface area contributed by atoms with Gasteiger partial charge in [-0.3, -0.25) is 4.98 Å². The first-order valence-electron chi connectivity index (χ1n) is 8.16. The van der Waals surface area contributed by atoms with Crippen LogP contribution in [-0.4, -0.2) is 28.8 Å². The molecule has 1 aromatic rings. The first-order valence-corrected chi connectivity index (χ1v) is 8.16. The van der Waals surface area contributed by atoms with Gasteiger partial charge in [-0.1, -0.05) is 6.92 Å². The van der Waals surface area contributed by atoms with Gasteiger partial charge >= 0.3 is 0 Å². The second-order valence-electron chi connectivity index (χ2n) is 7.33. The molecule has 3 nitrogen and oxygen atoms in total. The van der Waals surface area contributed by atoms with Crippen LogP contribution in [0, 0.1) is 5.92 Å². The Hall–Kier alpha value is -0.930. The van der Waals surface area contributed by atoms with Gasteiger partial charge in [-0.2, -0.15) is 0 Å². The van der Waals surface area contributed by atoms with Gasteiger partial charge in [0.1, 0.15) is 0 Å². The number of nitrogens with one attached hydrogen (secondary N) is 1. The van der Waals surface area contributed by atoms with Crippen molar-refractivity contribution in [2.45, 2.75) is 71.1 Å². The van der Waals surface area contributed by atoms with E-state index in [0.29, 0.717) is 12.0 Å². The third kappa shape index (κ3) is 4.27.